The van der Waals surface area contributed by atoms with Crippen molar-refractivity contribution in [2.24, 2.45) is 9.98 Å². The van der Waals surface area contributed by atoms with Crippen molar-refractivity contribution in [3.05, 3.63) is 160 Å². The van der Waals surface area contributed by atoms with Crippen LogP contribution < -0.4 is 34.3 Å². The Hall–Kier alpha value is -5.67. The van der Waals surface area contributed by atoms with Crippen molar-refractivity contribution in [3.8, 4) is 28.7 Å². The van der Waals surface area contributed by atoms with Crippen molar-refractivity contribution in [2.45, 2.75) is 36.7 Å². The summed E-state index contributed by atoms with van der Waals surface area (Å²) < 4.78 is 65.8. The van der Waals surface area contributed by atoms with Crippen LogP contribution in [0.25, 0.3) is 0 Å². The van der Waals surface area contributed by atoms with Gasteiger partial charge in [0.05, 0.1) is 40.0 Å². The molecule has 4 N–H and O–H groups in total. The first-order valence-corrected chi connectivity index (χ1v) is 20.5. The topological polar surface area (TPSA) is 101 Å². The van der Waals surface area contributed by atoms with Gasteiger partial charge in [0.25, 0.3) is 0 Å². The smallest absolute Gasteiger partial charge is 0.206 e. The lowest BCUT2D eigenvalue weighted by Crippen LogP contribution is -2.29. The molecule has 9 nitrogen and oxygen atoms in total. The van der Waals surface area contributed by atoms with E-state index in [-0.39, 0.29) is 23.9 Å². The quantitative estimate of drug-likeness (QED) is 0.106. The molecule has 0 aliphatic carbocycles. The largest absolute Gasteiger partial charge is 0.497 e. The second-order valence-electron chi connectivity index (χ2n) is 12.0. The van der Waals surface area contributed by atoms with Crippen LogP contribution in [0, 0.1) is 17.5 Å². The minimum atomic E-state index is -0.540. The molecule has 2 aliphatic heterocycles. The van der Waals surface area contributed by atoms with E-state index >= 15 is 0 Å². The number of ether oxygens (including phenoxy) is 3. The lowest BCUT2D eigenvalue weighted by Gasteiger charge is -2.23. The maximum atomic E-state index is 14.6. The Kier molecular flexibility index (Phi) is 15.2. The molecule has 2 heterocycles. The predicted octanol–water partition coefficient (Wildman–Crippen LogP) is 12.9. The SMILES string of the molecule is CC.COc1cccc(CN=C2NSc3ccc(F)c(Oc4ccccc4Cl)c3N2)c1.Fc1ccccc1CN=C1NSc2ccc(F)c(Oc3ccccc3Cl)c2N1. The number of rotatable bonds is 9. The number of hydrogen-bond acceptors (Lipinski definition) is 7. The third kappa shape index (κ3) is 11.1. The summed E-state index contributed by atoms with van der Waals surface area (Å²) in [5.74, 6) is 1.07. The van der Waals surface area contributed by atoms with Crippen molar-refractivity contribution in [3.63, 3.8) is 0 Å². The van der Waals surface area contributed by atoms with Gasteiger partial charge < -0.3 is 24.8 Å². The number of guanidine groups is 2. The molecule has 6 aromatic rings. The molecular weight excluding hydrogens is 841 g/mol. The molecule has 0 aromatic heterocycles. The number of hydrogen-bond donors (Lipinski definition) is 4. The third-order valence-corrected chi connectivity index (χ3v) is 10.5. The molecule has 0 saturated heterocycles. The van der Waals surface area contributed by atoms with Crippen molar-refractivity contribution in [1.82, 2.24) is 9.44 Å². The van der Waals surface area contributed by atoms with E-state index in [1.807, 2.05) is 38.1 Å². The number of nitrogens with one attached hydrogen (secondary N) is 4. The highest BCUT2D eigenvalue weighted by Gasteiger charge is 2.24. The maximum Gasteiger partial charge on any atom is 0.206 e. The molecule has 0 spiro atoms. The Labute approximate surface area is 358 Å². The van der Waals surface area contributed by atoms with E-state index in [0.717, 1.165) is 21.1 Å². The van der Waals surface area contributed by atoms with Gasteiger partial charge in [-0.25, -0.2) is 23.2 Å². The monoisotopic (exact) mass is 876 g/mol. The first-order chi connectivity index (χ1) is 28.7. The van der Waals surface area contributed by atoms with Gasteiger partial charge in [0.2, 0.25) is 11.9 Å². The van der Waals surface area contributed by atoms with Gasteiger partial charge in [-0.15, -0.1) is 0 Å². The van der Waals surface area contributed by atoms with Crippen molar-refractivity contribution in [2.75, 3.05) is 17.7 Å². The first-order valence-electron chi connectivity index (χ1n) is 18.1. The maximum absolute atomic E-state index is 14.6. The van der Waals surface area contributed by atoms with Gasteiger partial charge in [-0.05, 0) is 96.2 Å². The second kappa shape index (κ2) is 20.8. The molecule has 0 bridgehead atoms. The van der Waals surface area contributed by atoms with E-state index in [4.69, 9.17) is 37.4 Å². The molecular formula is C43H37Cl2F3N6O3S2. The average molecular weight is 878 g/mol. The van der Waals surface area contributed by atoms with Crippen LogP contribution in [0.3, 0.4) is 0 Å². The normalized spacial score (nSPS) is 13.7. The number of halogens is 5. The van der Waals surface area contributed by atoms with Crippen molar-refractivity contribution in [1.29, 1.82) is 0 Å². The highest BCUT2D eigenvalue weighted by atomic mass is 35.5. The van der Waals surface area contributed by atoms with Crippen LogP contribution in [-0.4, -0.2) is 19.0 Å². The van der Waals surface area contributed by atoms with E-state index < -0.39 is 11.6 Å². The van der Waals surface area contributed by atoms with E-state index in [1.165, 1.54) is 42.1 Å². The predicted molar refractivity (Wildman–Crippen MR) is 234 cm³/mol. The lowest BCUT2D eigenvalue weighted by molar-refractivity contribution is 0.414. The van der Waals surface area contributed by atoms with Gasteiger partial charge in [0.15, 0.2) is 23.1 Å². The number of aliphatic imine (C=N–C) groups is 2. The van der Waals surface area contributed by atoms with Crippen LogP contribution in [0.1, 0.15) is 25.0 Å². The van der Waals surface area contributed by atoms with E-state index in [9.17, 15) is 13.2 Å². The fourth-order valence-corrected chi connectivity index (χ4v) is 7.09. The Morgan fingerprint density at radius 2 is 1.08 bits per heavy atom. The van der Waals surface area contributed by atoms with E-state index in [0.29, 0.717) is 56.9 Å². The molecule has 0 fully saturated rings. The molecule has 2 aliphatic rings. The first kappa shape index (κ1) is 42.9. The van der Waals surface area contributed by atoms with E-state index in [1.54, 1.807) is 86.0 Å². The van der Waals surface area contributed by atoms with E-state index in [2.05, 4.69) is 30.1 Å². The van der Waals surface area contributed by atoms with Crippen LogP contribution in [0.4, 0.5) is 24.5 Å². The summed E-state index contributed by atoms with van der Waals surface area (Å²) in [6.45, 7) is 4.56. The molecule has 304 valence electrons. The van der Waals surface area contributed by atoms with Crippen LogP contribution >= 0.6 is 47.1 Å². The van der Waals surface area contributed by atoms with Crippen LogP contribution in [0.2, 0.25) is 10.0 Å². The standard InChI is InChI=1S/C21H17ClFN3O2S.C20H14ClF2N3OS.C2H6/c1-27-14-6-4-5-13(11-14)12-24-21-25-19-18(29-26-21)10-9-16(23)20(19)28-17-8-3-2-7-15(17)22;21-13-6-2-4-8-16(13)27-19-15(23)9-10-17-18(19)25-20(26-28-17)24-11-12-5-1-3-7-14(12)22;1-2/h2-11H,12H2,1H3,(H2,24,25,26);1-10H,11H2,(H2,24,25,26);1-2H3. The molecule has 16 heteroatoms. The van der Waals surface area contributed by atoms with Gasteiger partial charge in [-0.3, -0.25) is 9.44 Å². The second-order valence-corrected chi connectivity index (χ2v) is 14.5. The molecule has 0 atom stereocenters. The number of nitrogens with zero attached hydrogens (tertiary/aromatic N) is 2. The molecule has 59 heavy (non-hydrogen) atoms. The highest BCUT2D eigenvalue weighted by Crippen LogP contribution is 2.43. The zero-order chi connectivity index (χ0) is 41.7. The Morgan fingerprint density at radius 3 is 1.61 bits per heavy atom. The van der Waals surface area contributed by atoms with Gasteiger partial charge in [0.1, 0.15) is 34.4 Å². The number of fused-ring (bicyclic) bond motifs is 2. The van der Waals surface area contributed by atoms with Gasteiger partial charge in [0, 0.05) is 5.56 Å². The van der Waals surface area contributed by atoms with Crippen LogP contribution in [-0.2, 0) is 13.1 Å². The fourth-order valence-electron chi connectivity index (χ4n) is 5.33. The molecule has 0 saturated carbocycles. The summed E-state index contributed by atoms with van der Waals surface area (Å²) in [4.78, 5) is 10.4. The summed E-state index contributed by atoms with van der Waals surface area (Å²) in [5, 5.41) is 6.92. The summed E-state index contributed by atoms with van der Waals surface area (Å²) >= 11 is 14.9. The number of anilines is 2. The van der Waals surface area contributed by atoms with Gasteiger partial charge >= 0.3 is 0 Å². The summed E-state index contributed by atoms with van der Waals surface area (Å²) in [7, 11) is 1.62. The minimum Gasteiger partial charge on any atom is -0.497 e. The fraction of sp³-hybridized carbons (Fsp3) is 0.116. The Bertz CT molecular complexity index is 2480. The summed E-state index contributed by atoms with van der Waals surface area (Å²) in [5.41, 5.74) is 2.37. The van der Waals surface area contributed by atoms with Crippen LogP contribution in [0.5, 0.6) is 28.7 Å². The molecule has 0 radical (unpaired) electrons. The molecule has 8 rings (SSSR count). The number of para-hydroxylation sites is 2. The molecule has 0 amide bonds. The van der Waals surface area contributed by atoms with Crippen molar-refractivity contribution >= 4 is 70.4 Å². The summed E-state index contributed by atoms with van der Waals surface area (Å²) in [6.07, 6.45) is 0. The molecule has 6 aromatic carbocycles. The Morgan fingerprint density at radius 1 is 0.576 bits per heavy atom. The number of methoxy groups -OCH3 is 1. The Balaban J connectivity index is 0.000000191. The van der Waals surface area contributed by atoms with Gasteiger partial charge in [-0.1, -0.05) is 91.6 Å². The van der Waals surface area contributed by atoms with Crippen LogP contribution in [0.15, 0.2) is 141 Å². The highest BCUT2D eigenvalue weighted by molar-refractivity contribution is 7.98. The zero-order valence-electron chi connectivity index (χ0n) is 31.8. The lowest BCUT2D eigenvalue weighted by atomic mass is 10.2. The summed E-state index contributed by atoms with van der Waals surface area (Å²) in [6, 6.07) is 33.8. The average Bonchev–Trinajstić information content (AvgIpc) is 3.27. The van der Waals surface area contributed by atoms with Gasteiger partial charge in [-0.2, -0.15) is 0 Å². The third-order valence-electron chi connectivity index (χ3n) is 8.16. The zero-order valence-corrected chi connectivity index (χ0v) is 34.9. The minimum absolute atomic E-state index is 0.0122. The number of benzene rings is 6. The molecule has 0 unspecified atom stereocenters. The van der Waals surface area contributed by atoms with Crippen molar-refractivity contribution < 1.29 is 27.4 Å².